The molecule has 3 heterocycles. The fourth-order valence-electron chi connectivity index (χ4n) is 4.59. The van der Waals surface area contributed by atoms with Gasteiger partial charge < -0.3 is 10.2 Å². The van der Waals surface area contributed by atoms with Crippen molar-refractivity contribution in [2.75, 3.05) is 12.8 Å². The zero-order chi connectivity index (χ0) is 25.2. The van der Waals surface area contributed by atoms with Gasteiger partial charge in [0.2, 0.25) is 17.8 Å². The van der Waals surface area contributed by atoms with Gasteiger partial charge in [-0.05, 0) is 48.9 Å². The molecule has 1 aromatic carbocycles. The molecular formula is C23H24ClF2N5O2S2. The van der Waals surface area contributed by atoms with Crippen LogP contribution in [-0.2, 0) is 15.2 Å². The van der Waals surface area contributed by atoms with E-state index in [1.165, 1.54) is 15.6 Å². The van der Waals surface area contributed by atoms with Crippen molar-refractivity contribution in [3.8, 4) is 22.2 Å². The number of aromatic nitrogens is 2. The van der Waals surface area contributed by atoms with Crippen molar-refractivity contribution in [1.82, 2.24) is 14.5 Å². The normalized spacial score (nSPS) is 28.3. The summed E-state index contributed by atoms with van der Waals surface area (Å²) in [5.41, 5.74) is 6.67. The minimum atomic E-state index is -2.65. The Morgan fingerprint density at radius 3 is 2.60 bits per heavy atom. The van der Waals surface area contributed by atoms with Crippen molar-refractivity contribution in [2.24, 2.45) is 10.7 Å². The summed E-state index contributed by atoms with van der Waals surface area (Å²) < 4.78 is 47.4. The Kier molecular flexibility index (Phi) is 5.72. The molecule has 35 heavy (non-hydrogen) atoms. The van der Waals surface area contributed by atoms with Crippen LogP contribution < -0.4 is 5.73 Å². The Morgan fingerprint density at radius 2 is 1.97 bits per heavy atom. The van der Waals surface area contributed by atoms with Crippen LogP contribution in [0.5, 0.6) is 0 Å². The number of halogens is 3. The van der Waals surface area contributed by atoms with Crippen LogP contribution in [0.4, 0.5) is 8.78 Å². The summed E-state index contributed by atoms with van der Waals surface area (Å²) in [5, 5.41) is 8.73. The van der Waals surface area contributed by atoms with E-state index >= 15 is 0 Å². The highest BCUT2D eigenvalue weighted by atomic mass is 35.5. The molecule has 1 fully saturated rings. The molecule has 12 heteroatoms. The van der Waals surface area contributed by atoms with Crippen molar-refractivity contribution in [2.45, 2.75) is 43.6 Å². The van der Waals surface area contributed by atoms with E-state index < -0.39 is 21.2 Å². The number of thiophene rings is 1. The first kappa shape index (κ1) is 24.2. The molecule has 0 bridgehead atoms. The van der Waals surface area contributed by atoms with Gasteiger partial charge in [-0.15, -0.1) is 21.5 Å². The van der Waals surface area contributed by atoms with Crippen LogP contribution >= 0.6 is 22.9 Å². The third-order valence-electron chi connectivity index (χ3n) is 6.53. The second-order valence-electron chi connectivity index (χ2n) is 9.28. The number of benzene rings is 1. The molecule has 0 spiro atoms. The summed E-state index contributed by atoms with van der Waals surface area (Å²) in [6.45, 7) is 1.82. The molecule has 1 saturated carbocycles. The highest BCUT2D eigenvalue weighted by Crippen LogP contribution is 2.45. The first-order chi connectivity index (χ1) is 16.4. The fraction of sp³-hybridized carbons (Fsp3) is 0.391. The van der Waals surface area contributed by atoms with E-state index in [2.05, 4.69) is 21.1 Å². The van der Waals surface area contributed by atoms with Crippen LogP contribution in [0.3, 0.4) is 0 Å². The maximum absolute atomic E-state index is 13.6. The van der Waals surface area contributed by atoms with Gasteiger partial charge in [0.15, 0.2) is 0 Å². The Balaban J connectivity index is 1.40. The summed E-state index contributed by atoms with van der Waals surface area (Å²) in [6, 6.07) is 8.99. The van der Waals surface area contributed by atoms with E-state index in [9.17, 15) is 13.0 Å². The molecule has 2 N–H and O–H groups in total. The van der Waals surface area contributed by atoms with Crippen molar-refractivity contribution >= 4 is 44.5 Å². The molecule has 0 saturated heterocycles. The summed E-state index contributed by atoms with van der Waals surface area (Å²) in [7, 11) is -1.05. The second-order valence-corrected chi connectivity index (χ2v) is 13.1. The van der Waals surface area contributed by atoms with E-state index in [0.717, 1.165) is 5.56 Å². The molecule has 7 nitrogen and oxygen atoms in total. The number of hydrogen-bond acceptors (Lipinski definition) is 7. The van der Waals surface area contributed by atoms with Gasteiger partial charge in [0.05, 0.1) is 30.2 Å². The van der Waals surface area contributed by atoms with Crippen molar-refractivity contribution in [3.05, 3.63) is 45.8 Å². The molecule has 2 aliphatic rings. The standard InChI is InChI=1S/C23H24ClF2N5O2S2/c1-22(12-35(3,32)31(2)21(27)28-22)18-16(24)10-17(34-18)20-30-29-19(33-20)14-6-4-13(5-7-14)15-8-9-23(25,26)11-15/h4-7,10,15H,3,8-9,11-12H2,1-2H3,(H2,27,28)/t15?,22-,35?/m0/s1. The Labute approximate surface area is 211 Å². The van der Waals surface area contributed by atoms with Crippen LogP contribution in [-0.4, -0.2) is 49.3 Å². The number of guanidine groups is 1. The number of aliphatic imine (C=N–C) groups is 1. The van der Waals surface area contributed by atoms with E-state index in [4.69, 9.17) is 21.8 Å². The molecule has 2 aromatic heterocycles. The highest BCUT2D eigenvalue weighted by Gasteiger charge is 2.41. The first-order valence-corrected chi connectivity index (χ1v) is 14.0. The average Bonchev–Trinajstić information content (AvgIpc) is 3.50. The van der Waals surface area contributed by atoms with Crippen LogP contribution in [0.1, 0.15) is 42.5 Å². The lowest BCUT2D eigenvalue weighted by Gasteiger charge is -2.36. The molecule has 0 amide bonds. The summed E-state index contributed by atoms with van der Waals surface area (Å²) in [6.07, 6.45) is 0.288. The smallest absolute Gasteiger partial charge is 0.258 e. The van der Waals surface area contributed by atoms with Crippen molar-refractivity contribution in [1.29, 1.82) is 0 Å². The maximum atomic E-state index is 13.6. The second kappa shape index (κ2) is 8.28. The quantitative estimate of drug-likeness (QED) is 0.464. The van der Waals surface area contributed by atoms with E-state index in [1.54, 1.807) is 25.2 Å². The van der Waals surface area contributed by atoms with Gasteiger partial charge in [0.1, 0.15) is 5.54 Å². The summed E-state index contributed by atoms with van der Waals surface area (Å²) in [5.74, 6) is 1.98. The third kappa shape index (κ3) is 4.45. The molecule has 186 valence electrons. The molecule has 3 atom stereocenters. The predicted molar refractivity (Wildman–Crippen MR) is 136 cm³/mol. The van der Waals surface area contributed by atoms with Gasteiger partial charge in [-0.25, -0.2) is 18.0 Å². The monoisotopic (exact) mass is 539 g/mol. The number of nitrogens with zero attached hydrogens (tertiary/aromatic N) is 4. The largest absolute Gasteiger partial charge is 0.415 e. The summed E-state index contributed by atoms with van der Waals surface area (Å²) >= 11 is 7.86. The average molecular weight is 540 g/mol. The van der Waals surface area contributed by atoms with Crippen LogP contribution in [0, 0.1) is 0 Å². The minimum Gasteiger partial charge on any atom is -0.415 e. The topological polar surface area (TPSA) is 97.6 Å². The van der Waals surface area contributed by atoms with Gasteiger partial charge in [-0.2, -0.15) is 0 Å². The SMILES string of the molecule is C=S1(=O)C[C@@](C)(c2sc(-c3nnc(-c4ccc(C5CCC(F)(F)C5)cc4)o3)cc2Cl)N=C(N)N1C. The molecular weight excluding hydrogens is 516 g/mol. The van der Waals surface area contributed by atoms with Gasteiger partial charge in [-0.1, -0.05) is 23.7 Å². The van der Waals surface area contributed by atoms with E-state index in [1.807, 2.05) is 19.1 Å². The molecule has 1 aliphatic heterocycles. The Morgan fingerprint density at radius 1 is 1.29 bits per heavy atom. The Bertz CT molecular complexity index is 1420. The van der Waals surface area contributed by atoms with Crippen LogP contribution in [0.2, 0.25) is 5.02 Å². The zero-order valence-electron chi connectivity index (χ0n) is 19.1. The van der Waals surface area contributed by atoms with Gasteiger partial charge in [0.25, 0.3) is 5.89 Å². The van der Waals surface area contributed by atoms with Crippen LogP contribution in [0.25, 0.3) is 22.2 Å². The number of alkyl halides is 2. The molecule has 0 radical (unpaired) electrons. The lowest BCUT2D eigenvalue weighted by molar-refractivity contribution is 0.00776. The molecule has 1 aliphatic carbocycles. The van der Waals surface area contributed by atoms with Crippen molar-refractivity contribution in [3.63, 3.8) is 0 Å². The van der Waals surface area contributed by atoms with Gasteiger partial charge in [0, 0.05) is 25.5 Å². The third-order valence-corrected chi connectivity index (χ3v) is 10.5. The van der Waals surface area contributed by atoms with Gasteiger partial charge in [-0.3, -0.25) is 4.31 Å². The Hall–Kier alpha value is -2.50. The summed E-state index contributed by atoms with van der Waals surface area (Å²) in [4.78, 5) is 5.86. The number of nitrogens with two attached hydrogens (primary N) is 1. The van der Waals surface area contributed by atoms with Gasteiger partial charge >= 0.3 is 0 Å². The van der Waals surface area contributed by atoms with E-state index in [-0.39, 0.29) is 36.4 Å². The number of hydrogen-bond donors (Lipinski definition) is 1. The lowest BCUT2D eigenvalue weighted by Crippen LogP contribution is -2.50. The van der Waals surface area contributed by atoms with Crippen LogP contribution in [0.15, 0.2) is 39.7 Å². The minimum absolute atomic E-state index is 0.0721. The predicted octanol–water partition coefficient (Wildman–Crippen LogP) is 5.13. The zero-order valence-corrected chi connectivity index (χ0v) is 21.5. The molecule has 5 rings (SSSR count). The number of rotatable bonds is 4. The maximum Gasteiger partial charge on any atom is 0.258 e. The van der Waals surface area contributed by atoms with Crippen molar-refractivity contribution < 1.29 is 17.4 Å². The highest BCUT2D eigenvalue weighted by molar-refractivity contribution is 7.98. The first-order valence-electron chi connectivity index (χ1n) is 10.9. The molecule has 3 aromatic rings. The molecule has 2 unspecified atom stereocenters. The van der Waals surface area contributed by atoms with E-state index in [0.29, 0.717) is 32.7 Å². The lowest BCUT2D eigenvalue weighted by atomic mass is 9.96. The fourth-order valence-corrected chi connectivity index (χ4v) is 7.90.